The van der Waals surface area contributed by atoms with Crippen molar-refractivity contribution < 1.29 is 4.79 Å². The van der Waals surface area contributed by atoms with Crippen molar-refractivity contribution in [3.8, 4) is 12.3 Å². The third kappa shape index (κ3) is 3.10. The van der Waals surface area contributed by atoms with E-state index in [1.807, 2.05) is 13.8 Å². The van der Waals surface area contributed by atoms with Crippen molar-refractivity contribution in [2.24, 2.45) is 11.8 Å². The van der Waals surface area contributed by atoms with Crippen molar-refractivity contribution >= 4 is 5.91 Å². The van der Waals surface area contributed by atoms with Crippen LogP contribution < -0.4 is 5.32 Å². The fraction of sp³-hybridized carbons (Fsp3) is 0.727. The minimum absolute atomic E-state index is 0.0808. The van der Waals surface area contributed by atoms with Crippen molar-refractivity contribution in [2.45, 2.75) is 39.2 Å². The standard InChI is InChI=1S/C11H17NO/c1-5-11(3,4)12-10(13)7-9-6-8(9)2/h1,8-9H,6-7H2,2-4H3,(H,12,13). The van der Waals surface area contributed by atoms with E-state index in [4.69, 9.17) is 6.42 Å². The quantitative estimate of drug-likeness (QED) is 0.654. The molecule has 0 saturated heterocycles. The summed E-state index contributed by atoms with van der Waals surface area (Å²) >= 11 is 0. The molecule has 2 heteroatoms. The molecule has 0 aromatic carbocycles. The Bertz CT molecular complexity index is 249. The molecule has 1 aliphatic rings. The second kappa shape index (κ2) is 3.41. The molecule has 1 amide bonds. The first kappa shape index (κ1) is 10.1. The molecule has 0 aliphatic heterocycles. The van der Waals surface area contributed by atoms with E-state index >= 15 is 0 Å². The Morgan fingerprint density at radius 2 is 2.23 bits per heavy atom. The van der Waals surface area contributed by atoms with E-state index < -0.39 is 5.54 Å². The van der Waals surface area contributed by atoms with Crippen LogP contribution >= 0.6 is 0 Å². The molecule has 0 heterocycles. The summed E-state index contributed by atoms with van der Waals surface area (Å²) in [7, 11) is 0. The lowest BCUT2D eigenvalue weighted by Crippen LogP contribution is -2.42. The van der Waals surface area contributed by atoms with Gasteiger partial charge in [-0.2, -0.15) is 0 Å². The smallest absolute Gasteiger partial charge is 0.221 e. The van der Waals surface area contributed by atoms with Gasteiger partial charge in [0.05, 0.1) is 5.54 Å². The van der Waals surface area contributed by atoms with Crippen molar-refractivity contribution in [3.63, 3.8) is 0 Å². The molecule has 72 valence electrons. The van der Waals surface area contributed by atoms with E-state index in [1.165, 1.54) is 6.42 Å². The SMILES string of the molecule is C#CC(C)(C)NC(=O)CC1CC1C. The predicted octanol–water partition coefficient (Wildman–Crippen LogP) is 1.56. The molecule has 2 atom stereocenters. The zero-order chi connectivity index (χ0) is 10.1. The number of nitrogens with one attached hydrogen (secondary N) is 1. The molecule has 0 aromatic rings. The topological polar surface area (TPSA) is 29.1 Å². The summed E-state index contributed by atoms with van der Waals surface area (Å²) in [6.45, 7) is 5.84. The fourth-order valence-electron chi connectivity index (χ4n) is 1.36. The van der Waals surface area contributed by atoms with E-state index in [9.17, 15) is 4.79 Å². The number of hydrogen-bond acceptors (Lipinski definition) is 1. The number of rotatable bonds is 3. The highest BCUT2D eigenvalue weighted by Gasteiger charge is 2.34. The van der Waals surface area contributed by atoms with Crippen molar-refractivity contribution in [1.82, 2.24) is 5.32 Å². The zero-order valence-corrected chi connectivity index (χ0v) is 8.55. The highest BCUT2D eigenvalue weighted by Crippen LogP contribution is 2.40. The molecule has 1 aliphatic carbocycles. The first-order chi connectivity index (χ1) is 5.94. The molecule has 0 radical (unpaired) electrons. The number of hydrogen-bond donors (Lipinski definition) is 1. The van der Waals surface area contributed by atoms with Gasteiger partial charge in [-0.25, -0.2) is 0 Å². The molecular formula is C11H17NO. The first-order valence-corrected chi connectivity index (χ1v) is 4.73. The summed E-state index contributed by atoms with van der Waals surface area (Å²) in [4.78, 5) is 11.4. The minimum atomic E-state index is -0.505. The van der Waals surface area contributed by atoms with Gasteiger partial charge in [0.25, 0.3) is 0 Å². The molecule has 1 N–H and O–H groups in total. The van der Waals surface area contributed by atoms with Gasteiger partial charge in [-0.1, -0.05) is 12.8 Å². The third-order valence-electron chi connectivity index (χ3n) is 2.54. The minimum Gasteiger partial charge on any atom is -0.340 e. The van der Waals surface area contributed by atoms with Crippen LogP contribution in [0.3, 0.4) is 0 Å². The highest BCUT2D eigenvalue weighted by atomic mass is 16.1. The van der Waals surface area contributed by atoms with Crippen LogP contribution in [0.15, 0.2) is 0 Å². The largest absolute Gasteiger partial charge is 0.340 e. The Kier molecular flexibility index (Phi) is 2.66. The van der Waals surface area contributed by atoms with Crippen LogP contribution in [-0.4, -0.2) is 11.4 Å². The van der Waals surface area contributed by atoms with Crippen molar-refractivity contribution in [1.29, 1.82) is 0 Å². The lowest BCUT2D eigenvalue weighted by Gasteiger charge is -2.19. The van der Waals surface area contributed by atoms with E-state index in [0.717, 1.165) is 5.92 Å². The fourth-order valence-corrected chi connectivity index (χ4v) is 1.36. The molecular weight excluding hydrogens is 162 g/mol. The molecule has 1 rings (SSSR count). The van der Waals surface area contributed by atoms with Gasteiger partial charge in [-0.05, 0) is 32.1 Å². The van der Waals surface area contributed by atoms with Crippen LogP contribution in [0.4, 0.5) is 0 Å². The van der Waals surface area contributed by atoms with Crippen LogP contribution in [-0.2, 0) is 4.79 Å². The van der Waals surface area contributed by atoms with Crippen molar-refractivity contribution in [3.05, 3.63) is 0 Å². The normalized spacial score (nSPS) is 26.3. The van der Waals surface area contributed by atoms with Gasteiger partial charge in [0.1, 0.15) is 0 Å². The maximum absolute atomic E-state index is 11.4. The van der Waals surface area contributed by atoms with Crippen molar-refractivity contribution in [2.75, 3.05) is 0 Å². The van der Waals surface area contributed by atoms with Crippen LogP contribution in [0, 0.1) is 24.2 Å². The second-order valence-electron chi connectivity index (χ2n) is 4.49. The lowest BCUT2D eigenvalue weighted by molar-refractivity contribution is -0.122. The van der Waals surface area contributed by atoms with Gasteiger partial charge >= 0.3 is 0 Å². The Morgan fingerprint density at radius 3 is 2.62 bits per heavy atom. The summed E-state index contributed by atoms with van der Waals surface area (Å²) in [5, 5.41) is 2.82. The summed E-state index contributed by atoms with van der Waals surface area (Å²) in [5.74, 6) is 3.94. The summed E-state index contributed by atoms with van der Waals surface area (Å²) < 4.78 is 0. The average Bonchev–Trinajstić information content (AvgIpc) is 2.65. The Morgan fingerprint density at radius 1 is 1.69 bits per heavy atom. The number of terminal acetylenes is 1. The lowest BCUT2D eigenvalue weighted by atomic mass is 10.1. The van der Waals surface area contributed by atoms with Gasteiger partial charge in [-0.15, -0.1) is 6.42 Å². The van der Waals surface area contributed by atoms with Crippen LogP contribution in [0.5, 0.6) is 0 Å². The number of amides is 1. The Labute approximate surface area is 80.1 Å². The summed E-state index contributed by atoms with van der Waals surface area (Å²) in [5.41, 5.74) is -0.505. The molecule has 1 fully saturated rings. The molecule has 1 saturated carbocycles. The van der Waals surface area contributed by atoms with E-state index in [-0.39, 0.29) is 5.91 Å². The van der Waals surface area contributed by atoms with Gasteiger partial charge in [0, 0.05) is 6.42 Å². The van der Waals surface area contributed by atoms with Gasteiger partial charge in [-0.3, -0.25) is 4.79 Å². The molecule has 2 unspecified atom stereocenters. The number of carbonyl (C=O) groups excluding carboxylic acids is 1. The van der Waals surface area contributed by atoms with E-state index in [2.05, 4.69) is 18.2 Å². The number of carbonyl (C=O) groups is 1. The van der Waals surface area contributed by atoms with E-state index in [1.54, 1.807) is 0 Å². The van der Waals surface area contributed by atoms with Gasteiger partial charge in [0.15, 0.2) is 0 Å². The summed E-state index contributed by atoms with van der Waals surface area (Å²) in [6.07, 6.45) is 7.08. The zero-order valence-electron chi connectivity index (χ0n) is 8.55. The second-order valence-corrected chi connectivity index (χ2v) is 4.49. The van der Waals surface area contributed by atoms with Crippen LogP contribution in [0.1, 0.15) is 33.6 Å². The molecule has 0 aromatic heterocycles. The molecule has 0 spiro atoms. The maximum Gasteiger partial charge on any atom is 0.221 e. The third-order valence-corrected chi connectivity index (χ3v) is 2.54. The summed E-state index contributed by atoms with van der Waals surface area (Å²) in [6, 6.07) is 0. The van der Waals surface area contributed by atoms with E-state index in [0.29, 0.717) is 12.3 Å². The highest BCUT2D eigenvalue weighted by molar-refractivity contribution is 5.77. The van der Waals surface area contributed by atoms with Crippen LogP contribution in [0.25, 0.3) is 0 Å². The van der Waals surface area contributed by atoms with Gasteiger partial charge < -0.3 is 5.32 Å². The first-order valence-electron chi connectivity index (χ1n) is 4.73. The predicted molar refractivity (Wildman–Crippen MR) is 52.9 cm³/mol. The average molecular weight is 179 g/mol. The molecule has 0 bridgehead atoms. The molecule has 13 heavy (non-hydrogen) atoms. The van der Waals surface area contributed by atoms with Gasteiger partial charge in [0.2, 0.25) is 5.91 Å². The maximum atomic E-state index is 11.4. The Balaban J connectivity index is 2.30. The van der Waals surface area contributed by atoms with Crippen LogP contribution in [0.2, 0.25) is 0 Å². The molecule has 2 nitrogen and oxygen atoms in total. The Hall–Kier alpha value is -0.970. The monoisotopic (exact) mass is 179 g/mol.